The number of nitriles is 1. The third kappa shape index (κ3) is 2.93. The normalized spacial score (nSPS) is 10.4. The van der Waals surface area contributed by atoms with E-state index in [1.54, 1.807) is 11.3 Å². The third-order valence-electron chi connectivity index (χ3n) is 2.51. The highest BCUT2D eigenvalue weighted by Crippen LogP contribution is 2.13. The van der Waals surface area contributed by atoms with Gasteiger partial charge in [0.25, 0.3) is 0 Å². The lowest BCUT2D eigenvalue weighted by Crippen LogP contribution is -2.11. The summed E-state index contributed by atoms with van der Waals surface area (Å²) in [5.74, 6) is 0. The van der Waals surface area contributed by atoms with Crippen LogP contribution in [-0.4, -0.2) is 9.78 Å². The first-order chi connectivity index (χ1) is 8.19. The SMILES string of the molecule is Cc1nn(C)cc1CNCc1cc(C#N)cs1. The number of hydrogen-bond acceptors (Lipinski definition) is 4. The van der Waals surface area contributed by atoms with Gasteiger partial charge in [0.2, 0.25) is 0 Å². The van der Waals surface area contributed by atoms with Crippen LogP contribution in [0.15, 0.2) is 17.6 Å². The second-order valence-corrected chi connectivity index (χ2v) is 4.93. The molecular formula is C12H14N4S. The predicted molar refractivity (Wildman–Crippen MR) is 67.5 cm³/mol. The van der Waals surface area contributed by atoms with E-state index >= 15 is 0 Å². The van der Waals surface area contributed by atoms with E-state index in [1.165, 1.54) is 10.4 Å². The van der Waals surface area contributed by atoms with Crippen LogP contribution in [0.3, 0.4) is 0 Å². The Kier molecular flexibility index (Phi) is 3.57. The van der Waals surface area contributed by atoms with Gasteiger partial charge in [-0.25, -0.2) is 0 Å². The van der Waals surface area contributed by atoms with Crippen molar-refractivity contribution in [3.63, 3.8) is 0 Å². The summed E-state index contributed by atoms with van der Waals surface area (Å²) in [6.07, 6.45) is 2.03. The highest BCUT2D eigenvalue weighted by atomic mass is 32.1. The average Bonchev–Trinajstić information content (AvgIpc) is 2.86. The third-order valence-corrected chi connectivity index (χ3v) is 3.45. The summed E-state index contributed by atoms with van der Waals surface area (Å²) in [6.45, 7) is 3.61. The Morgan fingerprint density at radius 3 is 2.94 bits per heavy atom. The molecule has 0 saturated carbocycles. The van der Waals surface area contributed by atoms with E-state index in [4.69, 9.17) is 5.26 Å². The molecule has 0 atom stereocenters. The molecule has 2 aromatic heterocycles. The quantitative estimate of drug-likeness (QED) is 0.897. The van der Waals surface area contributed by atoms with Gasteiger partial charge in [-0.1, -0.05) is 0 Å². The first-order valence-corrected chi connectivity index (χ1v) is 6.24. The Bertz CT molecular complexity index is 547. The molecule has 0 aliphatic heterocycles. The maximum atomic E-state index is 8.72. The summed E-state index contributed by atoms with van der Waals surface area (Å²) in [7, 11) is 1.93. The van der Waals surface area contributed by atoms with Crippen molar-refractivity contribution in [2.24, 2.45) is 7.05 Å². The number of hydrogen-bond donors (Lipinski definition) is 1. The molecule has 0 aliphatic rings. The van der Waals surface area contributed by atoms with Crippen molar-refractivity contribution in [2.75, 3.05) is 0 Å². The highest BCUT2D eigenvalue weighted by Gasteiger charge is 2.03. The van der Waals surface area contributed by atoms with Crippen molar-refractivity contribution < 1.29 is 0 Å². The Morgan fingerprint density at radius 2 is 2.35 bits per heavy atom. The van der Waals surface area contributed by atoms with Crippen LogP contribution in [0.5, 0.6) is 0 Å². The van der Waals surface area contributed by atoms with Gasteiger partial charge in [-0.05, 0) is 13.0 Å². The fourth-order valence-corrected chi connectivity index (χ4v) is 2.45. The van der Waals surface area contributed by atoms with Crippen LogP contribution in [0.2, 0.25) is 0 Å². The average molecular weight is 246 g/mol. The highest BCUT2D eigenvalue weighted by molar-refractivity contribution is 7.10. The van der Waals surface area contributed by atoms with Crippen LogP contribution in [0.1, 0.15) is 21.7 Å². The van der Waals surface area contributed by atoms with Crippen LogP contribution in [0, 0.1) is 18.3 Å². The summed E-state index contributed by atoms with van der Waals surface area (Å²) in [5, 5.41) is 18.2. The standard InChI is InChI=1S/C12H14N4S/c1-9-11(7-16(2)15-9)5-14-6-12-3-10(4-13)8-17-12/h3,7-8,14H,5-6H2,1-2H3. The zero-order chi connectivity index (χ0) is 12.3. The number of nitrogens with zero attached hydrogens (tertiary/aromatic N) is 3. The Balaban J connectivity index is 1.87. The monoisotopic (exact) mass is 246 g/mol. The van der Waals surface area contributed by atoms with Crippen LogP contribution < -0.4 is 5.32 Å². The van der Waals surface area contributed by atoms with Crippen LogP contribution in [-0.2, 0) is 20.1 Å². The lowest BCUT2D eigenvalue weighted by atomic mass is 10.2. The van der Waals surface area contributed by atoms with Crippen molar-refractivity contribution in [1.82, 2.24) is 15.1 Å². The van der Waals surface area contributed by atoms with Crippen molar-refractivity contribution in [1.29, 1.82) is 5.26 Å². The molecule has 2 aromatic rings. The van der Waals surface area contributed by atoms with Crippen LogP contribution >= 0.6 is 11.3 Å². The minimum absolute atomic E-state index is 0.740. The lowest BCUT2D eigenvalue weighted by Gasteiger charge is -2.01. The maximum absolute atomic E-state index is 8.72. The molecule has 0 radical (unpaired) electrons. The summed E-state index contributed by atoms with van der Waals surface area (Å²) in [5.41, 5.74) is 3.01. The second-order valence-electron chi connectivity index (χ2n) is 3.93. The van der Waals surface area contributed by atoms with Gasteiger partial charge in [0, 0.05) is 42.2 Å². The van der Waals surface area contributed by atoms with Gasteiger partial charge in [0.15, 0.2) is 0 Å². The summed E-state index contributed by atoms with van der Waals surface area (Å²) in [6, 6.07) is 4.06. The van der Waals surface area contributed by atoms with Crippen molar-refractivity contribution in [3.8, 4) is 6.07 Å². The van der Waals surface area contributed by atoms with Crippen molar-refractivity contribution in [2.45, 2.75) is 20.0 Å². The van der Waals surface area contributed by atoms with Gasteiger partial charge in [0.1, 0.15) is 6.07 Å². The molecule has 1 N–H and O–H groups in total. The minimum Gasteiger partial charge on any atom is -0.308 e. The molecule has 88 valence electrons. The molecule has 4 nitrogen and oxygen atoms in total. The maximum Gasteiger partial charge on any atom is 0.100 e. The van der Waals surface area contributed by atoms with E-state index in [0.717, 1.165) is 24.3 Å². The van der Waals surface area contributed by atoms with Gasteiger partial charge < -0.3 is 5.32 Å². The molecule has 5 heteroatoms. The molecule has 17 heavy (non-hydrogen) atoms. The van der Waals surface area contributed by atoms with E-state index in [-0.39, 0.29) is 0 Å². The smallest absolute Gasteiger partial charge is 0.100 e. The first-order valence-electron chi connectivity index (χ1n) is 5.36. The van der Waals surface area contributed by atoms with Gasteiger partial charge in [-0.15, -0.1) is 11.3 Å². The van der Waals surface area contributed by atoms with E-state index < -0.39 is 0 Å². The fourth-order valence-electron chi connectivity index (χ4n) is 1.67. The van der Waals surface area contributed by atoms with E-state index in [2.05, 4.69) is 16.5 Å². The molecule has 0 aliphatic carbocycles. The van der Waals surface area contributed by atoms with Crippen LogP contribution in [0.25, 0.3) is 0 Å². The van der Waals surface area contributed by atoms with Crippen LogP contribution in [0.4, 0.5) is 0 Å². The van der Waals surface area contributed by atoms with E-state index in [9.17, 15) is 0 Å². The summed E-state index contributed by atoms with van der Waals surface area (Å²) in [4.78, 5) is 1.18. The predicted octanol–water partition coefficient (Wildman–Crippen LogP) is 1.95. The summed E-state index contributed by atoms with van der Waals surface area (Å²) >= 11 is 1.61. The number of aromatic nitrogens is 2. The Hall–Kier alpha value is -1.64. The molecule has 0 fully saturated rings. The topological polar surface area (TPSA) is 53.6 Å². The first kappa shape index (κ1) is 11.8. The molecule has 2 rings (SSSR count). The minimum atomic E-state index is 0.740. The summed E-state index contributed by atoms with van der Waals surface area (Å²) < 4.78 is 1.82. The lowest BCUT2D eigenvalue weighted by molar-refractivity contribution is 0.697. The Morgan fingerprint density at radius 1 is 1.53 bits per heavy atom. The van der Waals surface area contributed by atoms with Gasteiger partial charge in [-0.3, -0.25) is 4.68 Å². The van der Waals surface area contributed by atoms with Gasteiger partial charge in [-0.2, -0.15) is 10.4 Å². The molecule has 0 bridgehead atoms. The Labute approximate surface area is 105 Å². The zero-order valence-electron chi connectivity index (χ0n) is 9.90. The fraction of sp³-hybridized carbons (Fsp3) is 0.333. The number of nitrogens with one attached hydrogen (secondary N) is 1. The number of thiophene rings is 1. The molecular weight excluding hydrogens is 232 g/mol. The van der Waals surface area contributed by atoms with E-state index in [0.29, 0.717) is 0 Å². The van der Waals surface area contributed by atoms with Crippen molar-refractivity contribution >= 4 is 11.3 Å². The number of aryl methyl sites for hydroxylation is 2. The number of rotatable bonds is 4. The largest absolute Gasteiger partial charge is 0.308 e. The van der Waals surface area contributed by atoms with Crippen molar-refractivity contribution in [3.05, 3.63) is 39.3 Å². The molecule has 2 heterocycles. The van der Waals surface area contributed by atoms with Gasteiger partial charge >= 0.3 is 0 Å². The van der Waals surface area contributed by atoms with Gasteiger partial charge in [0.05, 0.1) is 11.3 Å². The second kappa shape index (κ2) is 5.13. The zero-order valence-corrected chi connectivity index (χ0v) is 10.7. The molecule has 0 unspecified atom stereocenters. The molecule has 0 saturated heterocycles. The van der Waals surface area contributed by atoms with E-state index in [1.807, 2.05) is 36.3 Å². The molecule has 0 aromatic carbocycles. The molecule has 0 amide bonds. The molecule has 0 spiro atoms.